The number of aliphatic imine (C=N–C) groups is 1. The Morgan fingerprint density at radius 2 is 1.68 bits per heavy atom. The van der Waals surface area contributed by atoms with Crippen molar-refractivity contribution < 1.29 is 52.6 Å². The van der Waals surface area contributed by atoms with Crippen molar-refractivity contribution >= 4 is 17.8 Å². The van der Waals surface area contributed by atoms with Crippen molar-refractivity contribution in [2.75, 3.05) is 54.5 Å². The van der Waals surface area contributed by atoms with Crippen LogP contribution >= 0.6 is 0 Å². The number of nitrogens with zero attached hydrogens (tertiary/aromatic N) is 3. The van der Waals surface area contributed by atoms with Gasteiger partial charge in [-0.15, -0.1) is 0 Å². The highest BCUT2D eigenvalue weighted by Gasteiger charge is 2.61. The summed E-state index contributed by atoms with van der Waals surface area (Å²) in [5.41, 5.74) is -1.82. The van der Waals surface area contributed by atoms with Crippen molar-refractivity contribution in [1.29, 1.82) is 0 Å². The lowest BCUT2D eigenvalue weighted by Crippen LogP contribution is -2.61. The third-order valence-corrected chi connectivity index (χ3v) is 14.9. The second-order valence-corrected chi connectivity index (χ2v) is 19.5. The molecule has 1 amide bonds. The number of amides is 1. The molecule has 0 saturated carbocycles. The quantitative estimate of drug-likeness (QED) is 0.199. The van der Waals surface area contributed by atoms with E-state index < -0.39 is 83.7 Å². The number of hydrogen-bond acceptors (Lipinski definition) is 14. The molecule has 18 atom stereocenters. The average molecular weight is 853 g/mol. The van der Waals surface area contributed by atoms with Crippen LogP contribution < -0.4 is 5.32 Å². The molecule has 0 aliphatic carbocycles. The van der Waals surface area contributed by atoms with E-state index in [1.54, 1.807) is 12.0 Å². The zero-order valence-corrected chi connectivity index (χ0v) is 39.4. The summed E-state index contributed by atoms with van der Waals surface area (Å²) in [5.74, 6) is -2.23. The molecule has 346 valence electrons. The molecule has 4 saturated heterocycles. The van der Waals surface area contributed by atoms with Gasteiger partial charge in [0.25, 0.3) is 0 Å². The van der Waals surface area contributed by atoms with Crippen molar-refractivity contribution in [3.63, 3.8) is 0 Å². The molecule has 2 N–H and O–H groups in total. The molecular formula is C45H80N4O11. The van der Waals surface area contributed by atoms with Crippen LogP contribution in [0.4, 0.5) is 4.79 Å². The standard InChI is InChI=1S/C45H80N4O11/c1-16-17-33-45(11)38-27(4)35(47-18-20-49(38)42(52)60-45)25(2)23-44(10,54-21-19-46-12)39(59-41-36(50)32(48(13)14)22-26(3)55-41)28(5)37(29(6)40(51)57-33)58-34-24-43(9,53-15)30(7)31(8)56-34/h25-34,36-39,41,46,50H,16-24H2,1-15H3/t25-,26+,27+,28+,29-,30+,31+,32-,33-,34+,36+,37+,38-,39-,41?,43-,44+,45-/m1/s1. The van der Waals surface area contributed by atoms with E-state index in [9.17, 15) is 14.7 Å². The van der Waals surface area contributed by atoms with Gasteiger partial charge in [-0.3, -0.25) is 14.7 Å². The zero-order valence-electron chi connectivity index (χ0n) is 39.4. The number of hydrogen-bond donors (Lipinski definition) is 2. The molecule has 5 heterocycles. The summed E-state index contributed by atoms with van der Waals surface area (Å²) in [5, 5.41) is 15.1. The van der Waals surface area contributed by atoms with Gasteiger partial charge in [-0.05, 0) is 87.9 Å². The van der Waals surface area contributed by atoms with Gasteiger partial charge in [0.2, 0.25) is 0 Å². The van der Waals surface area contributed by atoms with Crippen LogP contribution in [0.15, 0.2) is 4.99 Å². The third-order valence-electron chi connectivity index (χ3n) is 14.9. The Labute approximate surface area is 360 Å². The highest BCUT2D eigenvalue weighted by Crippen LogP contribution is 2.46. The highest BCUT2D eigenvalue weighted by atomic mass is 16.7. The van der Waals surface area contributed by atoms with Crippen molar-refractivity contribution in [1.82, 2.24) is 15.1 Å². The predicted octanol–water partition coefficient (Wildman–Crippen LogP) is 5.05. The van der Waals surface area contributed by atoms with Gasteiger partial charge in [0.1, 0.15) is 12.2 Å². The molecule has 15 nitrogen and oxygen atoms in total. The smallest absolute Gasteiger partial charge is 0.410 e. The first-order valence-corrected chi connectivity index (χ1v) is 22.7. The number of cyclic esters (lactones) is 1. The van der Waals surface area contributed by atoms with Crippen LogP contribution in [0.2, 0.25) is 0 Å². The summed E-state index contributed by atoms with van der Waals surface area (Å²) < 4.78 is 53.4. The molecule has 4 fully saturated rings. The molecule has 0 spiro atoms. The number of nitrogens with one attached hydrogen (secondary N) is 1. The zero-order chi connectivity index (χ0) is 44.5. The van der Waals surface area contributed by atoms with E-state index in [-0.39, 0.29) is 36.0 Å². The van der Waals surface area contributed by atoms with E-state index in [0.29, 0.717) is 58.3 Å². The molecular weight excluding hydrogens is 773 g/mol. The highest BCUT2D eigenvalue weighted by molar-refractivity contribution is 5.91. The Morgan fingerprint density at radius 3 is 2.32 bits per heavy atom. The summed E-state index contributed by atoms with van der Waals surface area (Å²) in [6, 6.07) is -0.660. The first kappa shape index (κ1) is 49.1. The number of fused-ring (bicyclic) bond motifs is 1. The molecule has 2 bridgehead atoms. The van der Waals surface area contributed by atoms with E-state index in [1.165, 1.54) is 0 Å². The van der Waals surface area contributed by atoms with E-state index in [2.05, 4.69) is 39.9 Å². The van der Waals surface area contributed by atoms with E-state index in [4.69, 9.17) is 42.9 Å². The van der Waals surface area contributed by atoms with Crippen LogP contribution in [0, 0.1) is 29.6 Å². The SMILES string of the molecule is CCC[C@H]1OC(=O)[C@H](C)[C@@H](O[C@H]2C[C@@](C)(OC)[C@@H](C)[C@H](C)O2)[C@H](C)[C@@H](OC2O[C@@H](C)C[C@@H](N(C)C)[C@@H]2O)[C@@](C)(OCCNC)C[C@@H](C)C2=NCCN3C(=O)O[C@@]1(C)[C@H]3[C@H]2C. The molecule has 0 aromatic carbocycles. The van der Waals surface area contributed by atoms with Crippen LogP contribution in [0.25, 0.3) is 0 Å². The van der Waals surface area contributed by atoms with Gasteiger partial charge in [-0.2, -0.15) is 0 Å². The summed E-state index contributed by atoms with van der Waals surface area (Å²) >= 11 is 0. The Morgan fingerprint density at radius 1 is 0.983 bits per heavy atom. The minimum absolute atomic E-state index is 0.0715. The fraction of sp³-hybridized carbons (Fsp3) is 0.933. The van der Waals surface area contributed by atoms with Crippen LogP contribution in [-0.2, 0) is 42.7 Å². The van der Waals surface area contributed by atoms with Gasteiger partial charge >= 0.3 is 12.1 Å². The Kier molecular flexibility index (Phi) is 16.2. The molecule has 5 rings (SSSR count). The minimum Gasteiger partial charge on any atom is -0.458 e. The molecule has 0 radical (unpaired) electrons. The number of methoxy groups -OCH3 is 1. The Balaban J connectivity index is 1.70. The third kappa shape index (κ3) is 9.89. The summed E-state index contributed by atoms with van der Waals surface area (Å²) in [4.78, 5) is 37.6. The minimum atomic E-state index is -1.15. The average Bonchev–Trinajstić information content (AvgIpc) is 3.31. The number of aliphatic hydroxyl groups excluding tert-OH is 1. The molecule has 15 heteroatoms. The molecule has 0 aromatic rings. The number of likely N-dealkylation sites (N-methyl/N-ethyl adjacent to an activating group) is 2. The number of carbonyl (C=O) groups is 2. The lowest BCUT2D eigenvalue weighted by atomic mass is 9.72. The van der Waals surface area contributed by atoms with Gasteiger partial charge in [0.15, 0.2) is 18.2 Å². The maximum atomic E-state index is 14.9. The lowest BCUT2D eigenvalue weighted by molar-refractivity contribution is -0.316. The number of aliphatic hydroxyl groups is 1. The first-order valence-electron chi connectivity index (χ1n) is 22.7. The molecule has 5 aliphatic rings. The maximum Gasteiger partial charge on any atom is 0.410 e. The van der Waals surface area contributed by atoms with Gasteiger partial charge in [0.05, 0.1) is 60.7 Å². The van der Waals surface area contributed by atoms with Gasteiger partial charge in [-0.1, -0.05) is 41.0 Å². The second kappa shape index (κ2) is 19.8. The summed E-state index contributed by atoms with van der Waals surface area (Å²) in [6.45, 7) is 24.0. The van der Waals surface area contributed by atoms with E-state index >= 15 is 0 Å². The first-order chi connectivity index (χ1) is 28.2. The van der Waals surface area contributed by atoms with Crippen molar-refractivity contribution in [3.8, 4) is 0 Å². The van der Waals surface area contributed by atoms with Gasteiger partial charge < -0.3 is 53.2 Å². The Bertz CT molecular complexity index is 1490. The predicted molar refractivity (Wildman–Crippen MR) is 228 cm³/mol. The molecule has 60 heavy (non-hydrogen) atoms. The van der Waals surface area contributed by atoms with Crippen molar-refractivity contribution in [2.24, 2.45) is 34.6 Å². The van der Waals surface area contributed by atoms with Gasteiger partial charge in [-0.25, -0.2) is 4.79 Å². The van der Waals surface area contributed by atoms with Crippen LogP contribution in [-0.4, -0.2) is 165 Å². The van der Waals surface area contributed by atoms with Gasteiger partial charge in [0, 0.05) is 56.1 Å². The summed E-state index contributed by atoms with van der Waals surface area (Å²) in [7, 11) is 7.49. The normalized spacial score (nSPS) is 45.7. The fourth-order valence-electron chi connectivity index (χ4n) is 11.1. The maximum absolute atomic E-state index is 14.9. The second-order valence-electron chi connectivity index (χ2n) is 19.5. The molecule has 0 aromatic heterocycles. The van der Waals surface area contributed by atoms with Crippen LogP contribution in [0.1, 0.15) is 108 Å². The van der Waals surface area contributed by atoms with E-state index in [1.807, 2.05) is 67.6 Å². The van der Waals surface area contributed by atoms with Crippen molar-refractivity contribution in [3.05, 3.63) is 0 Å². The number of carbonyl (C=O) groups excluding carboxylic acids is 2. The van der Waals surface area contributed by atoms with Crippen molar-refractivity contribution in [2.45, 2.75) is 186 Å². The number of rotatable bonds is 12. The number of ether oxygens (including phenoxy) is 8. The Hall–Kier alpha value is -1.95. The largest absolute Gasteiger partial charge is 0.458 e. The molecule has 1 unspecified atom stereocenters. The monoisotopic (exact) mass is 853 g/mol. The number of esters is 1. The molecule has 5 aliphatic heterocycles. The topological polar surface area (TPSA) is 159 Å². The summed E-state index contributed by atoms with van der Waals surface area (Å²) in [6.07, 6.45) is -3.25. The lowest BCUT2D eigenvalue weighted by Gasteiger charge is -2.50. The van der Waals surface area contributed by atoms with Crippen LogP contribution in [0.5, 0.6) is 0 Å². The van der Waals surface area contributed by atoms with E-state index in [0.717, 1.165) is 5.71 Å². The van der Waals surface area contributed by atoms with Crippen LogP contribution in [0.3, 0.4) is 0 Å². The fourth-order valence-corrected chi connectivity index (χ4v) is 11.1.